The van der Waals surface area contributed by atoms with Crippen molar-refractivity contribution in [2.24, 2.45) is 0 Å². The topological polar surface area (TPSA) is 140 Å². The third-order valence-electron chi connectivity index (χ3n) is 4.67. The molecule has 1 heterocycles. The number of nitrogens with zero attached hydrogens (tertiary/aromatic N) is 2. The molecule has 0 spiro atoms. The zero-order valence-corrected chi connectivity index (χ0v) is 15.7. The van der Waals surface area contributed by atoms with Crippen molar-refractivity contribution >= 4 is 28.2 Å². The maximum Gasteiger partial charge on any atom is 0.279 e. The molecule has 2 N–H and O–H groups in total. The van der Waals surface area contributed by atoms with Gasteiger partial charge in [0.1, 0.15) is 5.75 Å². The van der Waals surface area contributed by atoms with Gasteiger partial charge in [-0.1, -0.05) is 0 Å². The van der Waals surface area contributed by atoms with Gasteiger partial charge in [-0.3, -0.25) is 25.0 Å². The van der Waals surface area contributed by atoms with E-state index in [1.54, 1.807) is 7.11 Å². The van der Waals surface area contributed by atoms with Gasteiger partial charge in [-0.05, 0) is 37.1 Å². The van der Waals surface area contributed by atoms with Crippen molar-refractivity contribution in [1.82, 2.24) is 10.3 Å². The molecule has 0 saturated carbocycles. The van der Waals surface area contributed by atoms with Crippen LogP contribution in [0.1, 0.15) is 21.5 Å². The van der Waals surface area contributed by atoms with Crippen LogP contribution in [0.25, 0.3) is 10.9 Å². The molecule has 1 amide bonds. The van der Waals surface area contributed by atoms with Crippen LogP contribution in [0.3, 0.4) is 0 Å². The standard InChI is InChI=1S/C19H18N4O6/c1-11-15(7-13(22(25)26)8-18(11)23(27)28)19(24)20-6-5-12-10-21-17-4-3-14(29-2)9-16(12)17/h3-4,7-10,21H,5-6H2,1-2H3,(H,20,24). The van der Waals surface area contributed by atoms with E-state index in [1.807, 2.05) is 24.4 Å². The molecule has 2 aromatic carbocycles. The number of hydrogen-bond acceptors (Lipinski definition) is 6. The van der Waals surface area contributed by atoms with Gasteiger partial charge in [-0.15, -0.1) is 0 Å². The molecule has 0 aliphatic rings. The van der Waals surface area contributed by atoms with Gasteiger partial charge in [0, 0.05) is 35.3 Å². The molecule has 1 aromatic heterocycles. The van der Waals surface area contributed by atoms with Crippen LogP contribution < -0.4 is 10.1 Å². The Bertz CT molecular complexity index is 1120. The molecule has 29 heavy (non-hydrogen) atoms. The van der Waals surface area contributed by atoms with E-state index < -0.39 is 27.1 Å². The third-order valence-corrected chi connectivity index (χ3v) is 4.67. The molecule has 0 saturated heterocycles. The van der Waals surface area contributed by atoms with Crippen LogP contribution in [0.5, 0.6) is 5.75 Å². The highest BCUT2D eigenvalue weighted by Gasteiger charge is 2.24. The minimum absolute atomic E-state index is 0.0786. The quantitative estimate of drug-likeness (QED) is 0.462. The average Bonchev–Trinajstić information content (AvgIpc) is 3.09. The van der Waals surface area contributed by atoms with Crippen molar-refractivity contribution < 1.29 is 19.4 Å². The number of nitro benzene ring substituents is 2. The first-order valence-corrected chi connectivity index (χ1v) is 8.67. The molecule has 3 aromatic rings. The number of nitrogens with one attached hydrogen (secondary N) is 2. The zero-order valence-electron chi connectivity index (χ0n) is 15.7. The van der Waals surface area contributed by atoms with Crippen molar-refractivity contribution in [3.05, 3.63) is 73.4 Å². The Labute approximate surface area is 164 Å². The van der Waals surface area contributed by atoms with Crippen LogP contribution >= 0.6 is 0 Å². The average molecular weight is 398 g/mol. The van der Waals surface area contributed by atoms with Gasteiger partial charge >= 0.3 is 0 Å². The minimum atomic E-state index is -0.761. The molecule has 0 radical (unpaired) electrons. The van der Waals surface area contributed by atoms with Gasteiger partial charge in [0.15, 0.2) is 0 Å². The number of benzene rings is 2. The number of ether oxygens (including phenoxy) is 1. The molecule has 0 aliphatic heterocycles. The summed E-state index contributed by atoms with van der Waals surface area (Å²) >= 11 is 0. The van der Waals surface area contributed by atoms with Crippen LogP contribution in [0.4, 0.5) is 11.4 Å². The number of carbonyl (C=O) groups excluding carboxylic acids is 1. The number of fused-ring (bicyclic) bond motifs is 1. The summed E-state index contributed by atoms with van der Waals surface area (Å²) in [7, 11) is 1.58. The number of aromatic nitrogens is 1. The van der Waals surface area contributed by atoms with Crippen molar-refractivity contribution in [2.45, 2.75) is 13.3 Å². The number of carbonyl (C=O) groups is 1. The first-order valence-electron chi connectivity index (χ1n) is 8.67. The van der Waals surface area contributed by atoms with E-state index >= 15 is 0 Å². The number of methoxy groups -OCH3 is 1. The van der Waals surface area contributed by atoms with Crippen LogP contribution in [0.15, 0.2) is 36.5 Å². The largest absolute Gasteiger partial charge is 0.497 e. The Morgan fingerprint density at radius 2 is 1.93 bits per heavy atom. The van der Waals surface area contributed by atoms with E-state index in [0.29, 0.717) is 12.2 Å². The fourth-order valence-corrected chi connectivity index (χ4v) is 3.11. The summed E-state index contributed by atoms with van der Waals surface area (Å²) in [6, 6.07) is 7.51. The van der Waals surface area contributed by atoms with Crippen molar-refractivity contribution in [2.75, 3.05) is 13.7 Å². The summed E-state index contributed by atoms with van der Waals surface area (Å²) in [5, 5.41) is 25.8. The van der Waals surface area contributed by atoms with Gasteiger partial charge in [-0.2, -0.15) is 0 Å². The number of aromatic amines is 1. The van der Waals surface area contributed by atoms with Crippen molar-refractivity contribution in [1.29, 1.82) is 0 Å². The van der Waals surface area contributed by atoms with Gasteiger partial charge in [-0.25, -0.2) is 0 Å². The molecule has 0 fully saturated rings. The van der Waals surface area contributed by atoms with E-state index in [-0.39, 0.29) is 17.7 Å². The maximum absolute atomic E-state index is 12.5. The second kappa shape index (κ2) is 7.97. The SMILES string of the molecule is COc1ccc2[nH]cc(CCNC(=O)c3cc([N+](=O)[O-])cc([N+](=O)[O-])c3C)c2c1. The molecule has 0 aliphatic carbocycles. The summed E-state index contributed by atoms with van der Waals surface area (Å²) in [5.74, 6) is 0.105. The fraction of sp³-hybridized carbons (Fsp3) is 0.211. The van der Waals surface area contributed by atoms with Gasteiger partial charge in [0.05, 0.1) is 28.6 Å². The number of H-pyrrole nitrogens is 1. The van der Waals surface area contributed by atoms with Crippen LogP contribution in [0, 0.1) is 27.2 Å². The predicted molar refractivity (Wildman–Crippen MR) is 105 cm³/mol. The molecule has 0 bridgehead atoms. The summed E-state index contributed by atoms with van der Waals surface area (Å²) in [6.45, 7) is 1.64. The van der Waals surface area contributed by atoms with Gasteiger partial charge < -0.3 is 15.0 Å². The van der Waals surface area contributed by atoms with E-state index in [0.717, 1.165) is 28.6 Å². The third kappa shape index (κ3) is 4.00. The number of amides is 1. The highest BCUT2D eigenvalue weighted by Crippen LogP contribution is 2.28. The van der Waals surface area contributed by atoms with Crippen LogP contribution in [0.2, 0.25) is 0 Å². The lowest BCUT2D eigenvalue weighted by Gasteiger charge is -2.08. The predicted octanol–water partition coefficient (Wildman–Crippen LogP) is 3.27. The second-order valence-corrected chi connectivity index (χ2v) is 6.38. The Morgan fingerprint density at radius 3 is 2.59 bits per heavy atom. The number of nitro groups is 2. The molecular formula is C19H18N4O6. The summed E-state index contributed by atoms with van der Waals surface area (Å²) in [4.78, 5) is 36.4. The Hall–Kier alpha value is -3.95. The van der Waals surface area contributed by atoms with E-state index in [2.05, 4.69) is 10.3 Å². The van der Waals surface area contributed by atoms with E-state index in [9.17, 15) is 25.0 Å². The molecule has 150 valence electrons. The van der Waals surface area contributed by atoms with Crippen molar-refractivity contribution in [3.63, 3.8) is 0 Å². The molecule has 0 unspecified atom stereocenters. The monoisotopic (exact) mass is 398 g/mol. The second-order valence-electron chi connectivity index (χ2n) is 6.38. The Balaban J connectivity index is 1.78. The van der Waals surface area contributed by atoms with Crippen LogP contribution in [-0.2, 0) is 6.42 Å². The molecule has 0 atom stereocenters. The Morgan fingerprint density at radius 1 is 1.17 bits per heavy atom. The summed E-state index contributed by atoms with van der Waals surface area (Å²) < 4.78 is 5.23. The number of hydrogen-bond donors (Lipinski definition) is 2. The lowest BCUT2D eigenvalue weighted by Crippen LogP contribution is -2.26. The smallest absolute Gasteiger partial charge is 0.279 e. The van der Waals surface area contributed by atoms with Crippen LogP contribution in [-0.4, -0.2) is 34.4 Å². The van der Waals surface area contributed by atoms with E-state index in [4.69, 9.17) is 4.74 Å². The number of rotatable bonds is 7. The molecule has 10 nitrogen and oxygen atoms in total. The van der Waals surface area contributed by atoms with Gasteiger partial charge in [0.2, 0.25) is 0 Å². The summed E-state index contributed by atoms with van der Waals surface area (Å²) in [5.41, 5.74) is 0.906. The highest BCUT2D eigenvalue weighted by atomic mass is 16.6. The Kier molecular flexibility index (Phi) is 5.44. The zero-order chi connectivity index (χ0) is 21.1. The first kappa shape index (κ1) is 19.8. The fourth-order valence-electron chi connectivity index (χ4n) is 3.11. The molecule has 3 rings (SSSR count). The summed E-state index contributed by atoms with van der Waals surface area (Å²) in [6.07, 6.45) is 2.33. The molecule has 10 heteroatoms. The lowest BCUT2D eigenvalue weighted by molar-refractivity contribution is -0.394. The first-order chi connectivity index (χ1) is 13.8. The normalized spacial score (nSPS) is 10.7. The van der Waals surface area contributed by atoms with E-state index in [1.165, 1.54) is 6.92 Å². The highest BCUT2D eigenvalue weighted by molar-refractivity contribution is 5.97. The maximum atomic E-state index is 12.5. The minimum Gasteiger partial charge on any atom is -0.497 e. The lowest BCUT2D eigenvalue weighted by atomic mass is 10.0. The number of non-ortho nitro benzene ring substituents is 1. The van der Waals surface area contributed by atoms with Gasteiger partial charge in [0.25, 0.3) is 17.3 Å². The molecular weight excluding hydrogens is 380 g/mol. The van der Waals surface area contributed by atoms with Crippen molar-refractivity contribution in [3.8, 4) is 5.75 Å².